The number of nitrogens with one attached hydrogen (secondary N) is 1. The molecule has 2 N–H and O–H groups in total. The summed E-state index contributed by atoms with van der Waals surface area (Å²) in [6.45, 7) is 7.05. The van der Waals surface area contributed by atoms with Crippen LogP contribution < -0.4 is 4.72 Å². The van der Waals surface area contributed by atoms with Crippen molar-refractivity contribution < 1.29 is 5.11 Å². The first-order valence-corrected chi connectivity index (χ1v) is 9.29. The number of nitrogens with zero attached hydrogens (tertiary/aromatic N) is 1. The van der Waals surface area contributed by atoms with Gasteiger partial charge in [0.15, 0.2) is 0 Å². The van der Waals surface area contributed by atoms with Gasteiger partial charge in [-0.2, -0.15) is 0 Å². The molecule has 0 aliphatic carbocycles. The van der Waals surface area contributed by atoms with E-state index in [4.69, 9.17) is 0 Å². The van der Waals surface area contributed by atoms with Gasteiger partial charge in [-0.15, -0.1) is 0 Å². The molecule has 3 atom stereocenters. The number of hydrogen-bond donors (Lipinski definition) is 2. The molecule has 2 saturated heterocycles. The first kappa shape index (κ1) is 14.9. The molecule has 1 aromatic carbocycles. The van der Waals surface area contributed by atoms with Crippen LogP contribution in [-0.4, -0.2) is 27.6 Å². The van der Waals surface area contributed by atoms with E-state index in [0.29, 0.717) is 29.8 Å². The Morgan fingerprint density at radius 3 is 2.50 bits per heavy atom. The molecule has 0 saturated carbocycles. The second-order valence-electron chi connectivity index (χ2n) is 8.08. The van der Waals surface area contributed by atoms with Crippen molar-refractivity contribution in [3.05, 3.63) is 23.8 Å². The van der Waals surface area contributed by atoms with Crippen LogP contribution in [0.15, 0.2) is 23.1 Å². The van der Waals surface area contributed by atoms with E-state index in [2.05, 4.69) is 36.5 Å². The molecular formula is C18H26N2OS. The average molecular weight is 318 g/mol. The van der Waals surface area contributed by atoms with E-state index in [0.717, 1.165) is 5.56 Å². The van der Waals surface area contributed by atoms with Crippen LogP contribution in [0.4, 0.5) is 0 Å². The SMILES string of the molecule is CC(C)(C)N1C2CCC1CC(C1NSc3cccc(O)c31)C2. The van der Waals surface area contributed by atoms with Crippen molar-refractivity contribution in [3.8, 4) is 5.75 Å². The third-order valence-corrected chi connectivity index (χ3v) is 6.61. The third kappa shape index (κ3) is 2.27. The van der Waals surface area contributed by atoms with E-state index in [1.54, 1.807) is 11.9 Å². The Balaban J connectivity index is 1.59. The summed E-state index contributed by atoms with van der Waals surface area (Å²) in [6, 6.07) is 7.63. The number of aromatic hydroxyl groups is 1. The minimum absolute atomic E-state index is 0.273. The summed E-state index contributed by atoms with van der Waals surface area (Å²) < 4.78 is 3.59. The molecule has 4 rings (SSSR count). The summed E-state index contributed by atoms with van der Waals surface area (Å²) in [5.41, 5.74) is 1.41. The number of fused-ring (bicyclic) bond motifs is 3. The highest BCUT2D eigenvalue weighted by molar-refractivity contribution is 7.97. The quantitative estimate of drug-likeness (QED) is 0.765. The van der Waals surface area contributed by atoms with Crippen molar-refractivity contribution in [1.82, 2.24) is 9.62 Å². The van der Waals surface area contributed by atoms with Gasteiger partial charge in [0.25, 0.3) is 0 Å². The summed E-state index contributed by atoms with van der Waals surface area (Å²) in [5.74, 6) is 1.10. The molecule has 120 valence electrons. The van der Waals surface area contributed by atoms with Crippen LogP contribution in [-0.2, 0) is 0 Å². The molecule has 0 aromatic heterocycles. The molecule has 4 heteroatoms. The van der Waals surface area contributed by atoms with Gasteiger partial charge in [0.05, 0.1) is 6.04 Å². The fourth-order valence-electron chi connectivity index (χ4n) is 5.04. The summed E-state index contributed by atoms with van der Waals surface area (Å²) in [6.07, 6.45) is 5.18. The highest BCUT2D eigenvalue weighted by atomic mass is 32.2. The van der Waals surface area contributed by atoms with Crippen molar-refractivity contribution >= 4 is 11.9 Å². The summed E-state index contributed by atoms with van der Waals surface area (Å²) >= 11 is 1.69. The number of benzene rings is 1. The monoisotopic (exact) mass is 318 g/mol. The molecule has 3 nitrogen and oxygen atoms in total. The Kier molecular flexibility index (Phi) is 3.48. The standard InChI is InChI=1S/C18H26N2OS/c1-18(2,3)20-12-7-8-13(20)10-11(9-12)17-16-14(21)5-4-6-15(16)22-19-17/h4-6,11-13,17,19,21H,7-10H2,1-3H3. The molecule has 1 aromatic rings. The van der Waals surface area contributed by atoms with Gasteiger partial charge in [0.2, 0.25) is 0 Å². The molecule has 3 aliphatic heterocycles. The maximum absolute atomic E-state index is 10.3. The summed E-state index contributed by atoms with van der Waals surface area (Å²) in [4.78, 5) is 3.97. The Hall–Kier alpha value is -0.710. The minimum Gasteiger partial charge on any atom is -0.508 e. The maximum Gasteiger partial charge on any atom is 0.121 e. The Labute approximate surface area is 137 Å². The number of phenols is 1. The number of piperidine rings is 1. The second-order valence-corrected chi connectivity index (χ2v) is 8.96. The second kappa shape index (κ2) is 5.15. The van der Waals surface area contributed by atoms with Crippen LogP contribution in [0.5, 0.6) is 5.75 Å². The topological polar surface area (TPSA) is 35.5 Å². The van der Waals surface area contributed by atoms with Crippen molar-refractivity contribution in [2.45, 2.75) is 75.0 Å². The van der Waals surface area contributed by atoms with Gasteiger partial charge in [-0.25, -0.2) is 0 Å². The van der Waals surface area contributed by atoms with E-state index in [9.17, 15) is 5.11 Å². The summed E-state index contributed by atoms with van der Waals surface area (Å²) in [5, 5.41) is 10.3. The lowest BCUT2D eigenvalue weighted by Crippen LogP contribution is -2.53. The lowest BCUT2D eigenvalue weighted by Gasteiger charge is -2.48. The Morgan fingerprint density at radius 2 is 1.86 bits per heavy atom. The van der Waals surface area contributed by atoms with Gasteiger partial charge in [0.1, 0.15) is 5.75 Å². The Bertz CT molecular complexity index is 569. The van der Waals surface area contributed by atoms with E-state index >= 15 is 0 Å². The molecule has 3 unspecified atom stereocenters. The Morgan fingerprint density at radius 1 is 1.18 bits per heavy atom. The van der Waals surface area contributed by atoms with Gasteiger partial charge in [-0.1, -0.05) is 6.07 Å². The zero-order chi connectivity index (χ0) is 15.5. The molecule has 0 radical (unpaired) electrons. The molecule has 0 amide bonds. The van der Waals surface area contributed by atoms with E-state index in [1.165, 1.54) is 30.6 Å². The third-order valence-electron chi connectivity index (χ3n) is 5.67. The molecule has 0 spiro atoms. The number of phenolic OH excluding ortho intramolecular Hbond substituents is 1. The van der Waals surface area contributed by atoms with Gasteiger partial charge >= 0.3 is 0 Å². The minimum atomic E-state index is 0.273. The smallest absolute Gasteiger partial charge is 0.121 e. The fraction of sp³-hybridized carbons (Fsp3) is 0.667. The van der Waals surface area contributed by atoms with Crippen molar-refractivity contribution in [2.75, 3.05) is 0 Å². The van der Waals surface area contributed by atoms with Crippen LogP contribution in [0.1, 0.15) is 58.1 Å². The lowest BCUT2D eigenvalue weighted by molar-refractivity contribution is 0.0156. The van der Waals surface area contributed by atoms with Gasteiger partial charge in [0, 0.05) is 28.1 Å². The van der Waals surface area contributed by atoms with Gasteiger partial charge in [-0.3, -0.25) is 9.62 Å². The van der Waals surface area contributed by atoms with Crippen molar-refractivity contribution in [1.29, 1.82) is 0 Å². The maximum atomic E-state index is 10.3. The largest absolute Gasteiger partial charge is 0.508 e. The molecule has 2 bridgehead atoms. The zero-order valence-corrected chi connectivity index (χ0v) is 14.5. The van der Waals surface area contributed by atoms with Crippen LogP contribution >= 0.6 is 11.9 Å². The number of hydrogen-bond acceptors (Lipinski definition) is 4. The van der Waals surface area contributed by atoms with Crippen LogP contribution in [0.25, 0.3) is 0 Å². The molecule has 22 heavy (non-hydrogen) atoms. The zero-order valence-electron chi connectivity index (χ0n) is 13.7. The molecule has 3 heterocycles. The highest BCUT2D eigenvalue weighted by Gasteiger charge is 2.48. The van der Waals surface area contributed by atoms with Gasteiger partial charge in [-0.05, 0) is 76.5 Å². The van der Waals surface area contributed by atoms with E-state index < -0.39 is 0 Å². The fourth-order valence-corrected chi connectivity index (χ4v) is 6.09. The van der Waals surface area contributed by atoms with E-state index in [1.807, 2.05) is 12.1 Å². The lowest BCUT2D eigenvalue weighted by atomic mass is 9.80. The average Bonchev–Trinajstić information content (AvgIpc) is 2.99. The molecule has 3 aliphatic rings. The predicted molar refractivity (Wildman–Crippen MR) is 91.0 cm³/mol. The highest BCUT2D eigenvalue weighted by Crippen LogP contribution is 2.51. The predicted octanol–water partition coefficient (Wildman–Crippen LogP) is 4.09. The van der Waals surface area contributed by atoms with Crippen molar-refractivity contribution in [3.63, 3.8) is 0 Å². The van der Waals surface area contributed by atoms with Gasteiger partial charge < -0.3 is 5.11 Å². The van der Waals surface area contributed by atoms with E-state index in [-0.39, 0.29) is 5.54 Å². The summed E-state index contributed by atoms with van der Waals surface area (Å²) in [7, 11) is 0. The van der Waals surface area contributed by atoms with Crippen molar-refractivity contribution in [2.24, 2.45) is 5.92 Å². The number of rotatable bonds is 1. The van der Waals surface area contributed by atoms with Crippen LogP contribution in [0.2, 0.25) is 0 Å². The first-order chi connectivity index (χ1) is 10.4. The van der Waals surface area contributed by atoms with Crippen LogP contribution in [0, 0.1) is 5.92 Å². The molecular weight excluding hydrogens is 292 g/mol. The molecule has 2 fully saturated rings. The van der Waals surface area contributed by atoms with Crippen LogP contribution in [0.3, 0.4) is 0 Å². The normalized spacial score (nSPS) is 34.9. The first-order valence-electron chi connectivity index (χ1n) is 8.48.